The maximum atomic E-state index is 13.6. The average Bonchev–Trinajstić information content (AvgIpc) is 3.32. The van der Waals surface area contributed by atoms with Crippen LogP contribution in [0.15, 0.2) is 24.3 Å². The van der Waals surface area contributed by atoms with Gasteiger partial charge in [-0.05, 0) is 43.5 Å². The standard InChI is InChI=1S/C23H35FN4O3/c1-14(25-5)21(29)27-20(23(2,3)4)22(30)28-11-10-17-19(28)18(12-26-17)31-13-15-6-8-16(24)9-7-15/h6-9,14,17-20,25-26H,10-13H2,1-5H3,(H,27,29)/t14-,17+,18-,19-,20+/m0/s1. The molecule has 0 aliphatic carbocycles. The van der Waals surface area contributed by atoms with E-state index in [0.717, 1.165) is 12.0 Å². The van der Waals surface area contributed by atoms with Gasteiger partial charge < -0.3 is 25.6 Å². The smallest absolute Gasteiger partial charge is 0.246 e. The Balaban J connectivity index is 1.71. The fourth-order valence-electron chi connectivity index (χ4n) is 4.30. The van der Waals surface area contributed by atoms with Crippen LogP contribution in [0.25, 0.3) is 0 Å². The number of nitrogens with one attached hydrogen (secondary N) is 3. The molecule has 5 atom stereocenters. The summed E-state index contributed by atoms with van der Waals surface area (Å²) in [6.45, 7) is 9.29. The zero-order chi connectivity index (χ0) is 22.8. The number of carbonyl (C=O) groups excluding carboxylic acids is 2. The van der Waals surface area contributed by atoms with Gasteiger partial charge in [0.25, 0.3) is 0 Å². The van der Waals surface area contributed by atoms with Gasteiger partial charge in [-0.1, -0.05) is 32.9 Å². The van der Waals surface area contributed by atoms with Crippen molar-refractivity contribution in [3.63, 3.8) is 0 Å². The molecule has 0 radical (unpaired) electrons. The molecule has 0 saturated carbocycles. The predicted octanol–water partition coefficient (Wildman–Crippen LogP) is 1.42. The van der Waals surface area contributed by atoms with Gasteiger partial charge in [0.15, 0.2) is 0 Å². The fourth-order valence-corrected chi connectivity index (χ4v) is 4.30. The van der Waals surface area contributed by atoms with Gasteiger partial charge in [0.2, 0.25) is 11.8 Å². The second kappa shape index (κ2) is 9.63. The lowest BCUT2D eigenvalue weighted by Gasteiger charge is -2.37. The van der Waals surface area contributed by atoms with Gasteiger partial charge in [0.05, 0.1) is 24.8 Å². The zero-order valence-corrected chi connectivity index (χ0v) is 19.1. The number of hydrogen-bond acceptors (Lipinski definition) is 5. The van der Waals surface area contributed by atoms with Gasteiger partial charge in [-0.3, -0.25) is 9.59 Å². The van der Waals surface area contributed by atoms with Gasteiger partial charge in [0, 0.05) is 19.1 Å². The summed E-state index contributed by atoms with van der Waals surface area (Å²) >= 11 is 0. The minimum atomic E-state index is -0.632. The van der Waals surface area contributed by atoms with E-state index in [9.17, 15) is 14.0 Å². The highest BCUT2D eigenvalue weighted by Crippen LogP contribution is 2.31. The number of likely N-dealkylation sites (N-methyl/N-ethyl adjacent to an activating group) is 1. The second-order valence-corrected chi connectivity index (χ2v) is 9.62. The maximum absolute atomic E-state index is 13.6. The monoisotopic (exact) mass is 434 g/mol. The summed E-state index contributed by atoms with van der Waals surface area (Å²) < 4.78 is 19.3. The van der Waals surface area contributed by atoms with Crippen LogP contribution in [0.4, 0.5) is 4.39 Å². The highest BCUT2D eigenvalue weighted by molar-refractivity contribution is 5.90. The molecule has 2 fully saturated rings. The van der Waals surface area contributed by atoms with Crippen LogP contribution in [0.1, 0.15) is 39.7 Å². The molecule has 3 rings (SSSR count). The normalized spacial score (nSPS) is 25.2. The summed E-state index contributed by atoms with van der Waals surface area (Å²) in [6.07, 6.45) is 0.693. The van der Waals surface area contributed by atoms with Crippen LogP contribution in [0.5, 0.6) is 0 Å². The van der Waals surface area contributed by atoms with Crippen molar-refractivity contribution >= 4 is 11.8 Å². The first kappa shape index (κ1) is 23.6. The van der Waals surface area contributed by atoms with Crippen molar-refractivity contribution in [3.05, 3.63) is 35.6 Å². The number of likely N-dealkylation sites (tertiary alicyclic amines) is 1. The summed E-state index contributed by atoms with van der Waals surface area (Å²) in [7, 11) is 1.72. The van der Waals surface area contributed by atoms with Crippen LogP contribution < -0.4 is 16.0 Å². The number of ether oxygens (including phenoxy) is 1. The molecule has 2 aliphatic rings. The van der Waals surface area contributed by atoms with Crippen LogP contribution in [0.3, 0.4) is 0 Å². The van der Waals surface area contributed by atoms with E-state index in [-0.39, 0.29) is 41.9 Å². The van der Waals surface area contributed by atoms with Crippen LogP contribution in [-0.2, 0) is 20.9 Å². The first-order valence-corrected chi connectivity index (χ1v) is 11.0. The van der Waals surface area contributed by atoms with E-state index in [4.69, 9.17) is 4.74 Å². The summed E-state index contributed by atoms with van der Waals surface area (Å²) in [6, 6.07) is 5.33. The van der Waals surface area contributed by atoms with Crippen molar-refractivity contribution in [3.8, 4) is 0 Å². The number of rotatable bonds is 7. The third-order valence-electron chi connectivity index (χ3n) is 6.30. The third-order valence-corrected chi connectivity index (χ3v) is 6.30. The number of nitrogens with zero attached hydrogens (tertiary/aromatic N) is 1. The minimum Gasteiger partial charge on any atom is -0.370 e. The summed E-state index contributed by atoms with van der Waals surface area (Å²) in [5.41, 5.74) is 0.455. The molecule has 2 aliphatic heterocycles. The topological polar surface area (TPSA) is 82.7 Å². The number of hydrogen-bond donors (Lipinski definition) is 3. The Bertz CT molecular complexity index is 780. The van der Waals surface area contributed by atoms with E-state index in [0.29, 0.717) is 19.7 Å². The molecule has 2 heterocycles. The number of carbonyl (C=O) groups is 2. The SMILES string of the molecule is CN[C@@H](C)C(=O)N[C@H](C(=O)N1CC[C@H]2NC[C@H](OCc3ccc(F)cc3)[C@H]21)C(C)(C)C. The van der Waals surface area contributed by atoms with Gasteiger partial charge in [-0.15, -0.1) is 0 Å². The third kappa shape index (κ3) is 5.42. The Morgan fingerprint density at radius 3 is 2.58 bits per heavy atom. The molecule has 2 saturated heterocycles. The van der Waals surface area contributed by atoms with E-state index in [1.807, 2.05) is 25.7 Å². The van der Waals surface area contributed by atoms with Crippen molar-refractivity contribution < 1.29 is 18.7 Å². The first-order chi connectivity index (χ1) is 14.6. The first-order valence-electron chi connectivity index (χ1n) is 11.0. The van der Waals surface area contributed by atoms with Crippen molar-refractivity contribution in [1.82, 2.24) is 20.9 Å². The zero-order valence-electron chi connectivity index (χ0n) is 19.1. The summed E-state index contributed by atoms with van der Waals surface area (Å²) in [5, 5.41) is 9.34. The minimum absolute atomic E-state index is 0.0734. The summed E-state index contributed by atoms with van der Waals surface area (Å²) in [4.78, 5) is 28.0. The fraction of sp³-hybridized carbons (Fsp3) is 0.652. The molecule has 3 N–H and O–H groups in total. The van der Waals surface area contributed by atoms with Gasteiger partial charge in [-0.25, -0.2) is 4.39 Å². The largest absolute Gasteiger partial charge is 0.370 e. The summed E-state index contributed by atoms with van der Waals surface area (Å²) in [5.74, 6) is -0.544. The molecule has 0 unspecified atom stereocenters. The Morgan fingerprint density at radius 2 is 1.97 bits per heavy atom. The van der Waals surface area contributed by atoms with Gasteiger partial charge in [0.1, 0.15) is 11.9 Å². The van der Waals surface area contributed by atoms with Crippen molar-refractivity contribution in [1.29, 1.82) is 0 Å². The molecule has 31 heavy (non-hydrogen) atoms. The molecule has 8 heteroatoms. The molecule has 0 bridgehead atoms. The van der Waals surface area contributed by atoms with Crippen molar-refractivity contribution in [2.75, 3.05) is 20.1 Å². The molecule has 172 valence electrons. The van der Waals surface area contributed by atoms with Crippen LogP contribution in [0.2, 0.25) is 0 Å². The van der Waals surface area contributed by atoms with Crippen molar-refractivity contribution in [2.45, 2.75) is 71.0 Å². The van der Waals surface area contributed by atoms with Crippen LogP contribution in [0, 0.1) is 11.2 Å². The van der Waals surface area contributed by atoms with E-state index in [2.05, 4.69) is 16.0 Å². The molecule has 1 aromatic carbocycles. The molecule has 7 nitrogen and oxygen atoms in total. The number of halogens is 1. The number of benzene rings is 1. The highest BCUT2D eigenvalue weighted by Gasteiger charge is 2.49. The Morgan fingerprint density at radius 1 is 1.29 bits per heavy atom. The lowest BCUT2D eigenvalue weighted by Crippen LogP contribution is -2.59. The lowest BCUT2D eigenvalue weighted by molar-refractivity contribution is -0.142. The molecule has 0 spiro atoms. The van der Waals surface area contributed by atoms with Crippen molar-refractivity contribution in [2.24, 2.45) is 5.41 Å². The Kier molecular flexibility index (Phi) is 7.34. The van der Waals surface area contributed by atoms with Gasteiger partial charge >= 0.3 is 0 Å². The molecule has 2 amide bonds. The number of amides is 2. The number of fused-ring (bicyclic) bond motifs is 1. The molecule has 0 aromatic heterocycles. The quantitative estimate of drug-likeness (QED) is 0.605. The van der Waals surface area contributed by atoms with Gasteiger partial charge in [-0.2, -0.15) is 0 Å². The van der Waals surface area contributed by atoms with E-state index < -0.39 is 11.5 Å². The Labute approximate surface area is 184 Å². The van der Waals surface area contributed by atoms with E-state index >= 15 is 0 Å². The lowest BCUT2D eigenvalue weighted by atomic mass is 9.85. The van der Waals surface area contributed by atoms with Crippen LogP contribution in [-0.4, -0.2) is 67.1 Å². The van der Waals surface area contributed by atoms with Crippen LogP contribution >= 0.6 is 0 Å². The Hall–Kier alpha value is -2.03. The molecular formula is C23H35FN4O3. The molecule has 1 aromatic rings. The second-order valence-electron chi connectivity index (χ2n) is 9.62. The highest BCUT2D eigenvalue weighted by atomic mass is 19.1. The maximum Gasteiger partial charge on any atom is 0.246 e. The van der Waals surface area contributed by atoms with E-state index in [1.54, 1.807) is 26.1 Å². The average molecular weight is 435 g/mol. The van der Waals surface area contributed by atoms with E-state index in [1.165, 1.54) is 12.1 Å². The predicted molar refractivity (Wildman–Crippen MR) is 117 cm³/mol. The molecular weight excluding hydrogens is 399 g/mol.